The molecule has 236 valence electrons. The molecule has 6 nitrogen and oxygen atoms in total. The molecule has 2 aliphatic rings. The van der Waals surface area contributed by atoms with Crippen LogP contribution in [0.25, 0.3) is 11.1 Å². The summed E-state index contributed by atoms with van der Waals surface area (Å²) in [5.41, 5.74) is 5.93. The highest BCUT2D eigenvalue weighted by molar-refractivity contribution is 5.86. The second kappa shape index (κ2) is 13.2. The van der Waals surface area contributed by atoms with Crippen molar-refractivity contribution in [3.63, 3.8) is 0 Å². The van der Waals surface area contributed by atoms with E-state index in [1.54, 1.807) is 12.1 Å². The van der Waals surface area contributed by atoms with Gasteiger partial charge in [0.05, 0.1) is 24.4 Å². The summed E-state index contributed by atoms with van der Waals surface area (Å²) in [5, 5.41) is 9.89. The maximum absolute atomic E-state index is 14.0. The van der Waals surface area contributed by atoms with E-state index in [9.17, 15) is 23.1 Å². The van der Waals surface area contributed by atoms with E-state index in [4.69, 9.17) is 9.72 Å². The molecule has 9 heteroatoms. The first-order valence-corrected chi connectivity index (χ1v) is 15.5. The highest BCUT2D eigenvalue weighted by Crippen LogP contribution is 2.43. The number of carboxylic acid groups (broad SMARTS) is 1. The predicted molar refractivity (Wildman–Crippen MR) is 166 cm³/mol. The highest BCUT2D eigenvalue weighted by Gasteiger charge is 2.35. The Kier molecular flexibility index (Phi) is 9.53. The maximum Gasteiger partial charge on any atom is 0.307 e. The van der Waals surface area contributed by atoms with E-state index >= 15 is 0 Å². The number of rotatable bonds is 10. The minimum atomic E-state index is -2.65. The molecule has 3 aromatic rings. The Morgan fingerprint density at radius 3 is 2.20 bits per heavy atom. The number of pyridine rings is 1. The number of hydrogen-bond acceptors (Lipinski definition) is 5. The van der Waals surface area contributed by atoms with Crippen molar-refractivity contribution in [2.24, 2.45) is 5.41 Å². The average Bonchev–Trinajstić information content (AvgIpc) is 2.97. The van der Waals surface area contributed by atoms with Gasteiger partial charge in [0.1, 0.15) is 11.6 Å². The van der Waals surface area contributed by atoms with E-state index < -0.39 is 11.9 Å². The van der Waals surface area contributed by atoms with Gasteiger partial charge in [0.15, 0.2) is 0 Å². The van der Waals surface area contributed by atoms with Gasteiger partial charge in [-0.05, 0) is 60.6 Å². The van der Waals surface area contributed by atoms with Crippen LogP contribution in [0.2, 0.25) is 0 Å². The lowest BCUT2D eigenvalue weighted by atomic mass is 9.82. The lowest BCUT2D eigenvalue weighted by molar-refractivity contribution is -0.136. The molecule has 0 amide bonds. The second-order valence-electron chi connectivity index (χ2n) is 12.9. The zero-order valence-electron chi connectivity index (χ0n) is 25.8. The molecule has 0 atom stereocenters. The van der Waals surface area contributed by atoms with Gasteiger partial charge in [0.25, 0.3) is 5.92 Å². The number of piperidine rings is 2. The summed E-state index contributed by atoms with van der Waals surface area (Å²) in [6, 6.07) is 14.1. The van der Waals surface area contributed by atoms with E-state index in [2.05, 4.69) is 18.7 Å². The van der Waals surface area contributed by atoms with Crippen molar-refractivity contribution in [3.05, 3.63) is 76.9 Å². The Balaban J connectivity index is 1.49. The fourth-order valence-corrected chi connectivity index (χ4v) is 6.16. The van der Waals surface area contributed by atoms with Crippen molar-refractivity contribution in [1.82, 2.24) is 9.88 Å². The molecule has 1 N–H and O–H groups in total. The molecule has 3 heterocycles. The van der Waals surface area contributed by atoms with Crippen molar-refractivity contribution in [1.29, 1.82) is 0 Å². The van der Waals surface area contributed by atoms with E-state index in [-0.39, 0.29) is 43.6 Å². The number of nitrogens with zero attached hydrogens (tertiary/aromatic N) is 3. The number of aliphatic carboxylic acids is 1. The lowest BCUT2D eigenvalue weighted by Crippen LogP contribution is -2.40. The number of ether oxygens (including phenoxy) is 1. The Labute approximate surface area is 257 Å². The molecule has 2 aliphatic heterocycles. The maximum atomic E-state index is 14.0. The van der Waals surface area contributed by atoms with Gasteiger partial charge in [-0.25, -0.2) is 13.2 Å². The molecule has 0 unspecified atom stereocenters. The molecular formula is C35H42F3N3O3. The zero-order chi connectivity index (χ0) is 31.5. The first-order valence-electron chi connectivity index (χ1n) is 15.5. The topological polar surface area (TPSA) is 65.9 Å². The number of aryl methyl sites for hydroxylation is 1. The highest BCUT2D eigenvalue weighted by atomic mass is 19.3. The minimum absolute atomic E-state index is 0.151. The Morgan fingerprint density at radius 1 is 0.955 bits per heavy atom. The summed E-state index contributed by atoms with van der Waals surface area (Å²) in [4.78, 5) is 21.3. The average molecular weight is 610 g/mol. The van der Waals surface area contributed by atoms with E-state index in [0.717, 1.165) is 54.0 Å². The lowest BCUT2D eigenvalue weighted by Gasteiger charge is -2.40. The van der Waals surface area contributed by atoms with Gasteiger partial charge >= 0.3 is 5.97 Å². The van der Waals surface area contributed by atoms with Crippen LogP contribution >= 0.6 is 0 Å². The second-order valence-corrected chi connectivity index (χ2v) is 12.9. The van der Waals surface area contributed by atoms with E-state index in [0.29, 0.717) is 36.6 Å². The van der Waals surface area contributed by atoms with Gasteiger partial charge in [0, 0.05) is 68.8 Å². The molecule has 44 heavy (non-hydrogen) atoms. The number of aromatic nitrogens is 1. The number of benzene rings is 2. The molecule has 0 spiro atoms. The van der Waals surface area contributed by atoms with Crippen molar-refractivity contribution in [3.8, 4) is 16.9 Å². The van der Waals surface area contributed by atoms with Crippen molar-refractivity contribution >= 4 is 11.7 Å². The Bertz CT molecular complexity index is 1440. The third-order valence-electron chi connectivity index (χ3n) is 8.99. The normalized spacial score (nSPS) is 18.3. The number of likely N-dealkylation sites (tertiary alicyclic amines) is 1. The van der Waals surface area contributed by atoms with E-state index in [1.807, 2.05) is 36.1 Å². The first-order chi connectivity index (χ1) is 20.9. The minimum Gasteiger partial charge on any atom is -0.493 e. The summed E-state index contributed by atoms with van der Waals surface area (Å²) in [5.74, 6) is -3.16. The summed E-state index contributed by atoms with van der Waals surface area (Å²) >= 11 is 0. The molecule has 2 saturated heterocycles. The first kappa shape index (κ1) is 31.8. The molecule has 0 saturated carbocycles. The third kappa shape index (κ3) is 7.92. The van der Waals surface area contributed by atoms with Gasteiger partial charge in [-0.15, -0.1) is 0 Å². The Hall–Kier alpha value is -3.59. The zero-order valence-corrected chi connectivity index (χ0v) is 25.8. The van der Waals surface area contributed by atoms with Crippen LogP contribution in [0, 0.1) is 18.2 Å². The summed E-state index contributed by atoms with van der Waals surface area (Å²) in [6.07, 6.45) is 2.06. The van der Waals surface area contributed by atoms with E-state index in [1.165, 1.54) is 12.1 Å². The van der Waals surface area contributed by atoms with Crippen LogP contribution in [0.3, 0.4) is 0 Å². The summed E-state index contributed by atoms with van der Waals surface area (Å²) in [6.45, 7) is 9.33. The quantitative estimate of drug-likeness (QED) is 0.260. The molecule has 1 aromatic heterocycles. The molecule has 0 aliphatic carbocycles. The van der Waals surface area contributed by atoms with Gasteiger partial charge in [0.2, 0.25) is 0 Å². The van der Waals surface area contributed by atoms with Crippen LogP contribution in [-0.4, -0.2) is 59.7 Å². The van der Waals surface area contributed by atoms with Crippen LogP contribution < -0.4 is 9.64 Å². The number of anilines is 1. The molecule has 5 rings (SSSR count). The Morgan fingerprint density at radius 2 is 1.59 bits per heavy atom. The van der Waals surface area contributed by atoms with Crippen LogP contribution in [-0.2, 0) is 24.2 Å². The molecule has 0 radical (unpaired) electrons. The van der Waals surface area contributed by atoms with Crippen LogP contribution in [0.4, 0.5) is 18.9 Å². The molecule has 0 bridgehead atoms. The standard InChI is InChI=1S/C35H42F3N3O3/c1-24-29(22-31(42)43)33(41-19-13-34(2,3)14-20-41)32(30(39-24)23-40-17-15-35(37,38)16-18-40)26-6-10-28(11-7-26)44-21-12-25-4-8-27(36)9-5-25/h4-11H,12-23H2,1-3H3,(H,42,43). The predicted octanol–water partition coefficient (Wildman–Crippen LogP) is 7.30. The molecular weight excluding hydrogens is 567 g/mol. The summed E-state index contributed by atoms with van der Waals surface area (Å²) in [7, 11) is 0. The number of hydrogen-bond donors (Lipinski definition) is 1. The van der Waals surface area contributed by atoms with Crippen molar-refractivity contribution < 1.29 is 27.8 Å². The van der Waals surface area contributed by atoms with Gasteiger partial charge in [-0.3, -0.25) is 14.7 Å². The van der Waals surface area contributed by atoms with Gasteiger partial charge in [-0.2, -0.15) is 0 Å². The monoisotopic (exact) mass is 609 g/mol. The molecule has 2 aromatic carbocycles. The van der Waals surface area contributed by atoms with Gasteiger partial charge in [-0.1, -0.05) is 38.1 Å². The fraction of sp³-hybridized carbons (Fsp3) is 0.486. The van der Waals surface area contributed by atoms with Gasteiger partial charge < -0.3 is 14.7 Å². The van der Waals surface area contributed by atoms with Crippen LogP contribution in [0.15, 0.2) is 48.5 Å². The largest absolute Gasteiger partial charge is 0.493 e. The van der Waals surface area contributed by atoms with Crippen LogP contribution in [0.1, 0.15) is 62.0 Å². The van der Waals surface area contributed by atoms with Crippen LogP contribution in [0.5, 0.6) is 5.75 Å². The fourth-order valence-electron chi connectivity index (χ4n) is 6.16. The summed E-state index contributed by atoms with van der Waals surface area (Å²) < 4.78 is 47.2. The van der Waals surface area contributed by atoms with Crippen molar-refractivity contribution in [2.45, 2.75) is 71.8 Å². The number of carbonyl (C=O) groups is 1. The third-order valence-corrected chi connectivity index (χ3v) is 8.99. The smallest absolute Gasteiger partial charge is 0.307 e. The van der Waals surface area contributed by atoms with Crippen molar-refractivity contribution in [2.75, 3.05) is 37.7 Å². The number of alkyl halides is 2. The number of halogens is 3. The SMILES string of the molecule is Cc1nc(CN2CCC(F)(F)CC2)c(-c2ccc(OCCc3ccc(F)cc3)cc2)c(N2CCC(C)(C)CC2)c1CC(=O)O. The molecule has 2 fully saturated rings. The number of carboxylic acids is 1.